The van der Waals surface area contributed by atoms with Gasteiger partial charge in [0.2, 0.25) is 0 Å². The second-order valence-electron chi connectivity index (χ2n) is 1.49. The van der Waals surface area contributed by atoms with Crippen molar-refractivity contribution >= 4 is 0 Å². The molecule has 0 N–H and O–H groups in total. The second-order valence-corrected chi connectivity index (χ2v) is 1.49. The summed E-state index contributed by atoms with van der Waals surface area (Å²) in [4.78, 5) is 9.01. The van der Waals surface area contributed by atoms with Gasteiger partial charge in [0.25, 0.3) is 6.29 Å². The molecule has 3 nitrogen and oxygen atoms in total. The number of fused-ring (bicyclic) bond motifs is 1. The van der Waals surface area contributed by atoms with Crippen LogP contribution in [0.3, 0.4) is 0 Å². The van der Waals surface area contributed by atoms with Crippen molar-refractivity contribution in [3.8, 4) is 0 Å². The molecule has 0 aromatic heterocycles. The summed E-state index contributed by atoms with van der Waals surface area (Å²) < 4.78 is 4.82. The van der Waals surface area contributed by atoms with E-state index in [9.17, 15) is 0 Å². The van der Waals surface area contributed by atoms with Gasteiger partial charge in [0.15, 0.2) is 6.10 Å². The Morgan fingerprint density at radius 1 is 1.29 bits per heavy atom. The van der Waals surface area contributed by atoms with Gasteiger partial charge < -0.3 is 4.74 Å². The Morgan fingerprint density at radius 3 is 2.57 bits per heavy atom. The fraction of sp³-hybridized carbons (Fsp3) is 0.500. The predicted octanol–water partition coefficient (Wildman–Crippen LogP) is 0.187. The van der Waals surface area contributed by atoms with Crippen LogP contribution in [0, 0.1) is 0 Å². The lowest BCUT2D eigenvalue weighted by Crippen LogP contribution is -2.38. The van der Waals surface area contributed by atoms with Gasteiger partial charge in [-0.3, -0.25) is 0 Å². The minimum Gasteiger partial charge on any atom is -0.467 e. The molecule has 1 saturated heterocycles. The van der Waals surface area contributed by atoms with E-state index < -0.39 is 0 Å². The van der Waals surface area contributed by atoms with Crippen LogP contribution in [0.15, 0.2) is 12.3 Å². The molecular weight excluding hydrogens is 96.0 g/mol. The molecule has 0 amide bonds. The first-order valence-corrected chi connectivity index (χ1v) is 2.11. The Kier molecular flexibility index (Phi) is 0.491. The number of hydrogen-bond acceptors (Lipinski definition) is 3. The van der Waals surface area contributed by atoms with Gasteiger partial charge in [-0.2, -0.15) is 4.89 Å². The molecule has 38 valence electrons. The molecule has 2 aliphatic heterocycles. The Labute approximate surface area is 40.4 Å². The summed E-state index contributed by atoms with van der Waals surface area (Å²) in [7, 11) is 0. The second kappa shape index (κ2) is 0.993. The molecular formula is C4H4O3. The average Bonchev–Trinajstić information content (AvgIpc) is 1.85. The van der Waals surface area contributed by atoms with E-state index in [-0.39, 0.29) is 12.4 Å². The maximum atomic E-state index is 4.82. The van der Waals surface area contributed by atoms with Crippen LogP contribution in [0.25, 0.3) is 0 Å². The third-order valence-corrected chi connectivity index (χ3v) is 1.01. The quantitative estimate of drug-likeness (QED) is 0.406. The van der Waals surface area contributed by atoms with Gasteiger partial charge in [-0.25, -0.2) is 4.89 Å². The molecule has 2 unspecified atom stereocenters. The molecule has 2 atom stereocenters. The largest absolute Gasteiger partial charge is 0.467 e. The van der Waals surface area contributed by atoms with Gasteiger partial charge in [0.1, 0.15) is 0 Å². The molecule has 0 bridgehead atoms. The maximum absolute atomic E-state index is 4.82. The van der Waals surface area contributed by atoms with Gasteiger partial charge >= 0.3 is 0 Å². The standard InChI is InChI=1S/C4H4O3/c1-2-5-4-3(1)6-7-4/h1-4H. The van der Waals surface area contributed by atoms with Gasteiger partial charge in [-0.1, -0.05) is 0 Å². The number of ether oxygens (including phenoxy) is 1. The number of hydrogen-bond donors (Lipinski definition) is 0. The van der Waals surface area contributed by atoms with Crippen LogP contribution in [0.4, 0.5) is 0 Å². The maximum Gasteiger partial charge on any atom is 0.262 e. The smallest absolute Gasteiger partial charge is 0.262 e. The minimum atomic E-state index is -0.139. The van der Waals surface area contributed by atoms with Gasteiger partial charge in [0.05, 0.1) is 6.26 Å². The molecule has 3 heteroatoms. The van der Waals surface area contributed by atoms with Gasteiger partial charge in [0, 0.05) is 0 Å². The van der Waals surface area contributed by atoms with Crippen molar-refractivity contribution in [3.05, 3.63) is 12.3 Å². The average molecular weight is 100 g/mol. The van der Waals surface area contributed by atoms with Crippen LogP contribution in [0.1, 0.15) is 0 Å². The molecule has 0 spiro atoms. The van der Waals surface area contributed by atoms with Crippen LogP contribution >= 0.6 is 0 Å². The van der Waals surface area contributed by atoms with E-state index in [4.69, 9.17) is 4.74 Å². The first-order chi connectivity index (χ1) is 3.47. The number of rotatable bonds is 0. The predicted molar refractivity (Wildman–Crippen MR) is 20.0 cm³/mol. The zero-order valence-electron chi connectivity index (χ0n) is 3.53. The summed E-state index contributed by atoms with van der Waals surface area (Å²) in [6.45, 7) is 0. The summed E-state index contributed by atoms with van der Waals surface area (Å²) >= 11 is 0. The van der Waals surface area contributed by atoms with Crippen molar-refractivity contribution in [2.45, 2.75) is 12.4 Å². The van der Waals surface area contributed by atoms with Gasteiger partial charge in [-0.15, -0.1) is 0 Å². The molecule has 0 aliphatic carbocycles. The van der Waals surface area contributed by atoms with E-state index in [1.54, 1.807) is 6.26 Å². The third-order valence-electron chi connectivity index (χ3n) is 1.01. The van der Waals surface area contributed by atoms with E-state index in [0.717, 1.165) is 0 Å². The van der Waals surface area contributed by atoms with Crippen molar-refractivity contribution in [1.82, 2.24) is 0 Å². The summed E-state index contributed by atoms with van der Waals surface area (Å²) in [5.41, 5.74) is 0. The Bertz CT molecular complexity index is 110. The first-order valence-electron chi connectivity index (χ1n) is 2.11. The monoisotopic (exact) mass is 100 g/mol. The van der Waals surface area contributed by atoms with Crippen molar-refractivity contribution in [1.29, 1.82) is 0 Å². The zero-order chi connectivity index (χ0) is 4.69. The van der Waals surface area contributed by atoms with E-state index in [1.807, 2.05) is 6.08 Å². The molecule has 2 rings (SSSR count). The lowest BCUT2D eigenvalue weighted by molar-refractivity contribution is -0.492. The van der Waals surface area contributed by atoms with Crippen LogP contribution in [-0.4, -0.2) is 12.4 Å². The van der Waals surface area contributed by atoms with E-state index >= 15 is 0 Å². The Hall–Kier alpha value is -0.540. The highest BCUT2D eigenvalue weighted by atomic mass is 17.3. The molecule has 0 saturated carbocycles. The van der Waals surface area contributed by atoms with Crippen LogP contribution in [0.5, 0.6) is 0 Å². The van der Waals surface area contributed by atoms with Crippen LogP contribution < -0.4 is 0 Å². The molecule has 0 aromatic carbocycles. The third kappa shape index (κ3) is 0.313. The highest BCUT2D eigenvalue weighted by Gasteiger charge is 2.37. The van der Waals surface area contributed by atoms with Crippen LogP contribution in [-0.2, 0) is 14.5 Å². The van der Waals surface area contributed by atoms with Crippen molar-refractivity contribution in [2.24, 2.45) is 0 Å². The lowest BCUT2D eigenvalue weighted by atomic mass is 10.3. The SMILES string of the molecule is C1=CC2OOC2O1. The normalized spacial score (nSPS) is 44.6. The Morgan fingerprint density at radius 2 is 2.29 bits per heavy atom. The summed E-state index contributed by atoms with van der Waals surface area (Å²) in [6, 6.07) is 0. The summed E-state index contributed by atoms with van der Waals surface area (Å²) in [5.74, 6) is 0. The van der Waals surface area contributed by atoms with Crippen LogP contribution in [0.2, 0.25) is 0 Å². The molecule has 0 aromatic rings. The molecule has 7 heavy (non-hydrogen) atoms. The topological polar surface area (TPSA) is 27.7 Å². The molecule has 0 radical (unpaired) electrons. The van der Waals surface area contributed by atoms with E-state index in [2.05, 4.69) is 9.78 Å². The molecule has 1 fully saturated rings. The van der Waals surface area contributed by atoms with E-state index in [0.29, 0.717) is 0 Å². The molecule has 2 heterocycles. The van der Waals surface area contributed by atoms with E-state index in [1.165, 1.54) is 0 Å². The summed E-state index contributed by atoms with van der Waals surface area (Å²) in [6.07, 6.45) is 3.33. The summed E-state index contributed by atoms with van der Waals surface area (Å²) in [5, 5.41) is 0. The van der Waals surface area contributed by atoms with Crippen molar-refractivity contribution in [3.63, 3.8) is 0 Å². The lowest BCUT2D eigenvalue weighted by Gasteiger charge is -2.25. The van der Waals surface area contributed by atoms with Crippen molar-refractivity contribution in [2.75, 3.05) is 0 Å². The fourth-order valence-electron chi connectivity index (χ4n) is 0.588. The minimum absolute atomic E-state index is 0.0694. The molecule has 2 aliphatic rings. The fourth-order valence-corrected chi connectivity index (χ4v) is 0.588. The van der Waals surface area contributed by atoms with Crippen molar-refractivity contribution < 1.29 is 14.5 Å². The Balaban J connectivity index is 2.14. The first kappa shape index (κ1) is 3.46. The zero-order valence-corrected chi connectivity index (χ0v) is 3.53. The highest BCUT2D eigenvalue weighted by molar-refractivity contribution is 4.95. The highest BCUT2D eigenvalue weighted by Crippen LogP contribution is 2.24. The van der Waals surface area contributed by atoms with Gasteiger partial charge in [-0.05, 0) is 6.08 Å².